The predicted octanol–water partition coefficient (Wildman–Crippen LogP) is 4.14. The molecule has 0 aliphatic heterocycles. The molecule has 0 saturated heterocycles. The molecule has 4 nitrogen and oxygen atoms in total. The van der Waals surface area contributed by atoms with E-state index in [1.54, 1.807) is 0 Å². The highest BCUT2D eigenvalue weighted by Gasteiger charge is 2.71. The first-order valence-electron chi connectivity index (χ1n) is 8.65. The minimum Gasteiger partial charge on any atom is -0.481 e. The zero-order valence-corrected chi connectivity index (χ0v) is 15.5. The third-order valence-electron chi connectivity index (χ3n) is 6.68. The normalized spacial score (nSPS) is 32.1. The first kappa shape index (κ1) is 16.1. The molecule has 4 atom stereocenters. The van der Waals surface area contributed by atoms with Crippen molar-refractivity contribution in [1.82, 2.24) is 0 Å². The van der Waals surface area contributed by atoms with Crippen molar-refractivity contribution in [1.29, 1.82) is 0 Å². The van der Waals surface area contributed by atoms with Crippen molar-refractivity contribution >= 4 is 33.5 Å². The monoisotopic (exact) mass is 391 g/mol. The fourth-order valence-corrected chi connectivity index (χ4v) is 6.34. The van der Waals surface area contributed by atoms with Gasteiger partial charge in [0.2, 0.25) is 5.91 Å². The summed E-state index contributed by atoms with van der Waals surface area (Å²) in [7, 11) is 0. The molecule has 2 bridgehead atoms. The number of benzene rings is 1. The number of aliphatic carboxylic acids is 1. The number of carboxylic acids is 1. The number of amides is 1. The molecule has 5 heteroatoms. The van der Waals surface area contributed by atoms with Crippen LogP contribution in [0.3, 0.4) is 0 Å². The Hall–Kier alpha value is -1.36. The van der Waals surface area contributed by atoms with Crippen LogP contribution in [0.1, 0.15) is 36.8 Å². The van der Waals surface area contributed by atoms with Crippen molar-refractivity contribution in [2.45, 2.75) is 39.5 Å². The quantitative estimate of drug-likeness (QED) is 0.813. The molecule has 1 spiro atoms. The molecule has 1 amide bonds. The van der Waals surface area contributed by atoms with Gasteiger partial charge in [-0.1, -0.05) is 15.9 Å². The maximum atomic E-state index is 13.0. The molecule has 3 saturated carbocycles. The highest BCUT2D eigenvalue weighted by Crippen LogP contribution is 2.74. The number of rotatable bonds is 3. The Balaban J connectivity index is 1.64. The molecule has 2 N–H and O–H groups in total. The number of carboxylic acid groups (broad SMARTS) is 1. The molecule has 3 aliphatic rings. The number of halogens is 1. The van der Waals surface area contributed by atoms with Gasteiger partial charge in [-0.2, -0.15) is 0 Å². The Morgan fingerprint density at radius 2 is 1.67 bits per heavy atom. The van der Waals surface area contributed by atoms with E-state index in [4.69, 9.17) is 0 Å². The number of hydrogen-bond donors (Lipinski definition) is 2. The van der Waals surface area contributed by atoms with Gasteiger partial charge < -0.3 is 10.4 Å². The van der Waals surface area contributed by atoms with Gasteiger partial charge in [-0.05, 0) is 80.0 Å². The standard InChI is InChI=1S/C19H22BrNO3/c1-9-7-11(20)8-10(2)16(9)21-17(22)14-12-3-4-13(15(14)18(23)24)19(12)5-6-19/h7-8,12-15H,3-6H2,1-2H3,(H,21,22)(H,23,24)/t12-,13+,14+,15-/m1/s1. The van der Waals surface area contributed by atoms with Gasteiger partial charge in [0.25, 0.3) is 0 Å². The van der Waals surface area contributed by atoms with Crippen molar-refractivity contribution < 1.29 is 14.7 Å². The Morgan fingerprint density at radius 1 is 1.12 bits per heavy atom. The molecular weight excluding hydrogens is 370 g/mol. The molecule has 3 fully saturated rings. The van der Waals surface area contributed by atoms with Crippen LogP contribution in [-0.2, 0) is 9.59 Å². The summed E-state index contributed by atoms with van der Waals surface area (Å²) < 4.78 is 0.982. The molecule has 0 radical (unpaired) electrons. The minimum atomic E-state index is -0.794. The van der Waals surface area contributed by atoms with Crippen LogP contribution in [0.15, 0.2) is 16.6 Å². The summed E-state index contributed by atoms with van der Waals surface area (Å²) in [6.07, 6.45) is 4.19. The number of anilines is 1. The van der Waals surface area contributed by atoms with Crippen LogP contribution in [-0.4, -0.2) is 17.0 Å². The summed E-state index contributed by atoms with van der Waals surface area (Å²) in [6.45, 7) is 3.93. The summed E-state index contributed by atoms with van der Waals surface area (Å²) in [6, 6.07) is 3.95. The molecule has 0 aromatic heterocycles. The van der Waals surface area contributed by atoms with Crippen LogP contribution in [0, 0.1) is 42.9 Å². The first-order valence-corrected chi connectivity index (χ1v) is 9.45. The summed E-state index contributed by atoms with van der Waals surface area (Å²) >= 11 is 3.47. The zero-order chi connectivity index (χ0) is 17.2. The number of carbonyl (C=O) groups is 2. The van der Waals surface area contributed by atoms with E-state index in [9.17, 15) is 14.7 Å². The maximum absolute atomic E-state index is 13.0. The van der Waals surface area contributed by atoms with E-state index in [1.807, 2.05) is 26.0 Å². The summed E-state index contributed by atoms with van der Waals surface area (Å²) in [4.78, 5) is 24.9. The van der Waals surface area contributed by atoms with Gasteiger partial charge in [-0.15, -0.1) is 0 Å². The molecular formula is C19H22BrNO3. The second kappa shape index (κ2) is 5.32. The van der Waals surface area contributed by atoms with Crippen molar-refractivity contribution in [2.24, 2.45) is 29.1 Å². The number of nitrogens with one attached hydrogen (secondary N) is 1. The molecule has 1 aromatic carbocycles. The lowest BCUT2D eigenvalue weighted by molar-refractivity contribution is -0.148. The smallest absolute Gasteiger partial charge is 0.307 e. The number of aryl methyl sites for hydroxylation is 2. The third-order valence-corrected chi connectivity index (χ3v) is 7.14. The van der Waals surface area contributed by atoms with Gasteiger partial charge in [0.05, 0.1) is 11.8 Å². The number of carbonyl (C=O) groups excluding carboxylic acids is 1. The van der Waals surface area contributed by atoms with E-state index in [-0.39, 0.29) is 29.1 Å². The highest BCUT2D eigenvalue weighted by atomic mass is 79.9. The summed E-state index contributed by atoms with van der Waals surface area (Å²) in [5.74, 6) is -1.34. The molecule has 3 aliphatic carbocycles. The predicted molar refractivity (Wildman–Crippen MR) is 94.7 cm³/mol. The van der Waals surface area contributed by atoms with Crippen LogP contribution < -0.4 is 5.32 Å². The van der Waals surface area contributed by atoms with Crippen LogP contribution >= 0.6 is 15.9 Å². The molecule has 128 valence electrons. The Morgan fingerprint density at radius 3 is 2.17 bits per heavy atom. The second-order valence-electron chi connectivity index (χ2n) is 7.82. The highest BCUT2D eigenvalue weighted by molar-refractivity contribution is 9.10. The first-order chi connectivity index (χ1) is 11.3. The molecule has 24 heavy (non-hydrogen) atoms. The summed E-state index contributed by atoms with van der Waals surface area (Å²) in [5, 5.41) is 12.8. The van der Waals surface area contributed by atoms with Crippen molar-refractivity contribution in [2.75, 3.05) is 5.32 Å². The van der Waals surface area contributed by atoms with Gasteiger partial charge in [-0.25, -0.2) is 0 Å². The van der Waals surface area contributed by atoms with Crippen molar-refractivity contribution in [3.63, 3.8) is 0 Å². The van der Waals surface area contributed by atoms with Gasteiger partial charge in [0, 0.05) is 10.2 Å². The number of hydrogen-bond acceptors (Lipinski definition) is 2. The van der Waals surface area contributed by atoms with E-state index in [1.165, 1.54) is 0 Å². The average molecular weight is 392 g/mol. The molecule has 0 heterocycles. The van der Waals surface area contributed by atoms with E-state index in [0.29, 0.717) is 0 Å². The molecule has 1 aromatic rings. The Labute approximate surface area is 150 Å². The topological polar surface area (TPSA) is 66.4 Å². The maximum Gasteiger partial charge on any atom is 0.307 e. The lowest BCUT2D eigenvalue weighted by atomic mass is 9.78. The van der Waals surface area contributed by atoms with Gasteiger partial charge in [-0.3, -0.25) is 9.59 Å². The SMILES string of the molecule is Cc1cc(Br)cc(C)c1NC(=O)[C@@H]1[C@H](C(=O)O)[C@@H]2CC[C@H]1C21CC1. The third kappa shape index (κ3) is 2.17. The van der Waals surface area contributed by atoms with Crippen LogP contribution in [0.4, 0.5) is 5.69 Å². The zero-order valence-electron chi connectivity index (χ0n) is 13.9. The fraction of sp³-hybridized carbons (Fsp3) is 0.579. The lowest BCUT2D eigenvalue weighted by Crippen LogP contribution is -2.38. The van der Waals surface area contributed by atoms with Gasteiger partial charge in [0.15, 0.2) is 0 Å². The van der Waals surface area contributed by atoms with E-state index in [0.717, 1.165) is 47.0 Å². The van der Waals surface area contributed by atoms with E-state index >= 15 is 0 Å². The lowest BCUT2D eigenvalue weighted by Gasteiger charge is -2.27. The molecule has 0 unspecified atom stereocenters. The van der Waals surface area contributed by atoms with Crippen molar-refractivity contribution in [3.05, 3.63) is 27.7 Å². The van der Waals surface area contributed by atoms with Gasteiger partial charge >= 0.3 is 5.97 Å². The Kier molecular flexibility index (Phi) is 3.57. The largest absolute Gasteiger partial charge is 0.481 e. The van der Waals surface area contributed by atoms with E-state index in [2.05, 4.69) is 21.2 Å². The van der Waals surface area contributed by atoms with Crippen LogP contribution in [0.25, 0.3) is 0 Å². The average Bonchev–Trinajstić information content (AvgIpc) is 3.16. The minimum absolute atomic E-state index is 0.102. The van der Waals surface area contributed by atoms with Crippen LogP contribution in [0.5, 0.6) is 0 Å². The van der Waals surface area contributed by atoms with Gasteiger partial charge in [0.1, 0.15) is 0 Å². The second-order valence-corrected chi connectivity index (χ2v) is 8.73. The van der Waals surface area contributed by atoms with Crippen LogP contribution in [0.2, 0.25) is 0 Å². The van der Waals surface area contributed by atoms with Crippen molar-refractivity contribution in [3.8, 4) is 0 Å². The van der Waals surface area contributed by atoms with E-state index < -0.39 is 11.9 Å². The Bertz CT molecular complexity index is 717. The molecule has 4 rings (SSSR count). The fourth-order valence-electron chi connectivity index (χ4n) is 5.66. The summed E-state index contributed by atoms with van der Waals surface area (Å²) in [5.41, 5.74) is 2.97.